The Labute approximate surface area is 97.1 Å². The van der Waals surface area contributed by atoms with Crippen LogP contribution in [-0.2, 0) is 0 Å². The summed E-state index contributed by atoms with van der Waals surface area (Å²) in [6.45, 7) is 1.81. The molecule has 0 spiro atoms. The molecule has 0 atom stereocenters. The third-order valence-electron chi connectivity index (χ3n) is 2.29. The number of methoxy groups -OCH3 is 1. The molecule has 0 amide bonds. The molecule has 3 nitrogen and oxygen atoms in total. The number of ether oxygens (including phenoxy) is 1. The fraction of sp³-hybridized carbons (Fsp3) is 0.167. The van der Waals surface area contributed by atoms with Crippen molar-refractivity contribution >= 4 is 0 Å². The summed E-state index contributed by atoms with van der Waals surface area (Å²) in [5.74, 6) is -2.03. The Bertz CT molecular complexity index is 541. The highest BCUT2D eigenvalue weighted by Gasteiger charge is 2.16. The van der Waals surface area contributed by atoms with Gasteiger partial charge in [0.25, 0.3) is 0 Å². The molecule has 0 saturated carbocycles. The van der Waals surface area contributed by atoms with Crippen molar-refractivity contribution in [3.8, 4) is 17.1 Å². The molecular weight excluding hydrogens is 226 g/mol. The molecule has 0 fully saturated rings. The van der Waals surface area contributed by atoms with Crippen molar-refractivity contribution in [1.82, 2.24) is 9.97 Å². The zero-order valence-electron chi connectivity index (χ0n) is 9.37. The minimum Gasteiger partial charge on any atom is -0.494 e. The number of aryl methyl sites for hydroxylation is 1. The van der Waals surface area contributed by atoms with Gasteiger partial charge in [0.05, 0.1) is 12.7 Å². The van der Waals surface area contributed by atoms with E-state index in [2.05, 4.69) is 14.7 Å². The molecule has 0 bridgehead atoms. The Kier molecular flexibility index (Phi) is 2.99. The van der Waals surface area contributed by atoms with Gasteiger partial charge in [0.1, 0.15) is 0 Å². The second-order valence-electron chi connectivity index (χ2n) is 3.53. The standard InChI is InChI=1S/C12H10F2N2O/c1-7-5-15-12(16-6-7)8-3-4-9(17-2)11(14)10(8)13/h3-6H,1-2H3. The van der Waals surface area contributed by atoms with E-state index in [1.54, 1.807) is 12.4 Å². The van der Waals surface area contributed by atoms with Crippen LogP contribution >= 0.6 is 0 Å². The number of aromatic nitrogens is 2. The molecule has 1 aromatic heterocycles. The average Bonchev–Trinajstić information content (AvgIpc) is 2.34. The minimum absolute atomic E-state index is 0.0169. The lowest BCUT2D eigenvalue weighted by Crippen LogP contribution is -1.97. The van der Waals surface area contributed by atoms with E-state index < -0.39 is 11.6 Å². The molecule has 5 heteroatoms. The molecule has 0 aliphatic heterocycles. The van der Waals surface area contributed by atoms with Gasteiger partial charge in [-0.3, -0.25) is 0 Å². The molecule has 1 heterocycles. The predicted octanol–water partition coefficient (Wildman–Crippen LogP) is 2.74. The monoisotopic (exact) mass is 236 g/mol. The first-order valence-electron chi connectivity index (χ1n) is 4.94. The number of rotatable bonds is 2. The Balaban J connectivity index is 2.53. The van der Waals surface area contributed by atoms with Crippen molar-refractivity contribution in [3.05, 3.63) is 41.7 Å². The van der Waals surface area contributed by atoms with E-state index in [4.69, 9.17) is 0 Å². The van der Waals surface area contributed by atoms with Crippen molar-refractivity contribution in [2.75, 3.05) is 7.11 Å². The quantitative estimate of drug-likeness (QED) is 0.804. The van der Waals surface area contributed by atoms with Crippen molar-refractivity contribution in [1.29, 1.82) is 0 Å². The number of hydrogen-bond donors (Lipinski definition) is 0. The van der Waals surface area contributed by atoms with Gasteiger partial charge in [0.15, 0.2) is 17.4 Å². The van der Waals surface area contributed by atoms with Crippen molar-refractivity contribution in [3.63, 3.8) is 0 Å². The maximum Gasteiger partial charge on any atom is 0.201 e. The third kappa shape index (κ3) is 2.08. The van der Waals surface area contributed by atoms with Gasteiger partial charge >= 0.3 is 0 Å². The number of nitrogens with zero attached hydrogens (tertiary/aromatic N) is 2. The van der Waals surface area contributed by atoms with E-state index in [1.807, 2.05) is 6.92 Å². The Morgan fingerprint density at radius 2 is 1.71 bits per heavy atom. The molecule has 2 aromatic rings. The number of hydrogen-bond acceptors (Lipinski definition) is 3. The molecule has 0 aliphatic carbocycles. The van der Waals surface area contributed by atoms with Gasteiger partial charge in [-0.1, -0.05) is 0 Å². The third-order valence-corrected chi connectivity index (χ3v) is 2.29. The lowest BCUT2D eigenvalue weighted by Gasteiger charge is -2.06. The van der Waals surface area contributed by atoms with Crippen LogP contribution in [0, 0.1) is 18.6 Å². The molecule has 17 heavy (non-hydrogen) atoms. The highest BCUT2D eigenvalue weighted by molar-refractivity contribution is 5.57. The fourth-order valence-corrected chi connectivity index (χ4v) is 1.39. The zero-order valence-corrected chi connectivity index (χ0v) is 9.37. The Morgan fingerprint density at radius 3 is 2.29 bits per heavy atom. The van der Waals surface area contributed by atoms with Crippen LogP contribution in [0.4, 0.5) is 8.78 Å². The lowest BCUT2D eigenvalue weighted by atomic mass is 10.1. The molecular formula is C12H10F2N2O. The largest absolute Gasteiger partial charge is 0.494 e. The van der Waals surface area contributed by atoms with Crippen molar-refractivity contribution < 1.29 is 13.5 Å². The SMILES string of the molecule is COc1ccc(-c2ncc(C)cn2)c(F)c1F. The first kappa shape index (κ1) is 11.4. The molecule has 0 radical (unpaired) electrons. The van der Waals surface area contributed by atoms with Gasteiger partial charge < -0.3 is 4.74 Å². The average molecular weight is 236 g/mol. The maximum atomic E-state index is 13.7. The van der Waals surface area contributed by atoms with Gasteiger partial charge in [0.2, 0.25) is 5.82 Å². The molecule has 0 saturated heterocycles. The molecule has 2 rings (SSSR count). The van der Waals surface area contributed by atoms with Gasteiger partial charge in [-0.05, 0) is 24.6 Å². The normalized spacial score (nSPS) is 10.4. The number of halogens is 2. The lowest BCUT2D eigenvalue weighted by molar-refractivity contribution is 0.372. The second-order valence-corrected chi connectivity index (χ2v) is 3.53. The summed E-state index contributed by atoms with van der Waals surface area (Å²) in [5.41, 5.74) is 0.867. The summed E-state index contributed by atoms with van der Waals surface area (Å²) < 4.78 is 31.9. The van der Waals surface area contributed by atoms with Crippen LogP contribution in [0.5, 0.6) is 5.75 Å². The van der Waals surface area contributed by atoms with E-state index in [0.717, 1.165) is 5.56 Å². The molecule has 88 valence electrons. The van der Waals surface area contributed by atoms with Gasteiger partial charge in [0, 0.05) is 12.4 Å². The fourth-order valence-electron chi connectivity index (χ4n) is 1.39. The van der Waals surface area contributed by atoms with Crippen LogP contribution in [0.2, 0.25) is 0 Å². The van der Waals surface area contributed by atoms with Crippen LogP contribution in [0.3, 0.4) is 0 Å². The van der Waals surface area contributed by atoms with Crippen LogP contribution in [0.25, 0.3) is 11.4 Å². The molecule has 0 N–H and O–H groups in total. The summed E-state index contributed by atoms with van der Waals surface area (Å²) in [7, 11) is 1.28. The number of benzene rings is 1. The topological polar surface area (TPSA) is 35.0 Å². The highest BCUT2D eigenvalue weighted by atomic mass is 19.2. The molecule has 1 aromatic carbocycles. The smallest absolute Gasteiger partial charge is 0.201 e. The summed E-state index contributed by atoms with van der Waals surface area (Å²) in [4.78, 5) is 7.89. The first-order valence-corrected chi connectivity index (χ1v) is 4.94. The van der Waals surface area contributed by atoms with Crippen LogP contribution in [0.15, 0.2) is 24.5 Å². The van der Waals surface area contributed by atoms with Crippen LogP contribution in [0.1, 0.15) is 5.56 Å². The van der Waals surface area contributed by atoms with Crippen LogP contribution in [-0.4, -0.2) is 17.1 Å². The molecule has 0 aliphatic rings. The van der Waals surface area contributed by atoms with E-state index >= 15 is 0 Å². The summed E-state index contributed by atoms with van der Waals surface area (Å²) in [6, 6.07) is 2.73. The summed E-state index contributed by atoms with van der Waals surface area (Å²) in [5, 5.41) is 0. The Morgan fingerprint density at radius 1 is 1.06 bits per heavy atom. The first-order chi connectivity index (χ1) is 8.13. The van der Waals surface area contributed by atoms with E-state index in [0.29, 0.717) is 0 Å². The van der Waals surface area contributed by atoms with Crippen molar-refractivity contribution in [2.24, 2.45) is 0 Å². The molecule has 0 unspecified atom stereocenters. The summed E-state index contributed by atoms with van der Waals surface area (Å²) >= 11 is 0. The maximum absolute atomic E-state index is 13.7. The Hall–Kier alpha value is -2.04. The van der Waals surface area contributed by atoms with E-state index in [-0.39, 0.29) is 17.1 Å². The van der Waals surface area contributed by atoms with E-state index in [1.165, 1.54) is 19.2 Å². The van der Waals surface area contributed by atoms with Gasteiger partial charge in [-0.2, -0.15) is 4.39 Å². The van der Waals surface area contributed by atoms with Crippen LogP contribution < -0.4 is 4.74 Å². The summed E-state index contributed by atoms with van der Waals surface area (Å²) in [6.07, 6.45) is 3.09. The van der Waals surface area contributed by atoms with E-state index in [9.17, 15) is 8.78 Å². The van der Waals surface area contributed by atoms with Gasteiger partial charge in [-0.15, -0.1) is 0 Å². The minimum atomic E-state index is -1.03. The highest BCUT2D eigenvalue weighted by Crippen LogP contribution is 2.27. The van der Waals surface area contributed by atoms with Gasteiger partial charge in [-0.25, -0.2) is 14.4 Å². The second kappa shape index (κ2) is 4.45. The predicted molar refractivity (Wildman–Crippen MR) is 58.7 cm³/mol. The van der Waals surface area contributed by atoms with Crippen molar-refractivity contribution in [2.45, 2.75) is 6.92 Å². The zero-order chi connectivity index (χ0) is 12.4.